The van der Waals surface area contributed by atoms with E-state index in [0.717, 1.165) is 31.7 Å². The Morgan fingerprint density at radius 2 is 2.13 bits per heavy atom. The minimum Gasteiger partial charge on any atom is -0.493 e. The molecule has 3 rings (SSSR count). The maximum atomic E-state index is 12.5. The number of hydrogen-bond acceptors (Lipinski definition) is 3. The van der Waals surface area contributed by atoms with Crippen LogP contribution in [0.2, 0.25) is 0 Å². The van der Waals surface area contributed by atoms with Crippen molar-refractivity contribution < 1.29 is 9.53 Å². The second-order valence-electron chi connectivity index (χ2n) is 6.31. The fourth-order valence-electron chi connectivity index (χ4n) is 2.92. The molecule has 2 heterocycles. The SMILES string of the molecule is Cc1ccc(OC[C@@H]2CCCN(C(=O)c3cn(C)cn3)C2)cc1. The Morgan fingerprint density at radius 1 is 1.35 bits per heavy atom. The Labute approximate surface area is 136 Å². The molecule has 1 aromatic carbocycles. The standard InChI is InChI=1S/C18H23N3O2/c1-14-5-7-16(8-6-14)23-12-15-4-3-9-21(10-15)18(22)17-11-20(2)13-19-17/h5-8,11,13,15H,3-4,9-10,12H2,1-2H3/t15-/m1/s1. The number of imidazole rings is 1. The molecule has 0 bridgehead atoms. The van der Waals surface area contributed by atoms with E-state index in [1.165, 1.54) is 5.56 Å². The van der Waals surface area contributed by atoms with E-state index in [1.54, 1.807) is 17.1 Å². The van der Waals surface area contributed by atoms with Gasteiger partial charge in [0.2, 0.25) is 0 Å². The van der Waals surface area contributed by atoms with E-state index in [0.29, 0.717) is 18.2 Å². The molecule has 0 saturated carbocycles. The number of carbonyl (C=O) groups is 1. The number of nitrogens with zero attached hydrogens (tertiary/aromatic N) is 3. The van der Waals surface area contributed by atoms with Gasteiger partial charge in [0.15, 0.2) is 0 Å². The molecule has 0 radical (unpaired) electrons. The van der Waals surface area contributed by atoms with E-state index in [-0.39, 0.29) is 5.91 Å². The molecule has 1 aliphatic heterocycles. The summed E-state index contributed by atoms with van der Waals surface area (Å²) in [6.45, 7) is 4.25. The van der Waals surface area contributed by atoms with Crippen molar-refractivity contribution in [1.29, 1.82) is 0 Å². The molecule has 0 N–H and O–H groups in total. The molecule has 1 amide bonds. The Bertz CT molecular complexity index is 663. The lowest BCUT2D eigenvalue weighted by atomic mass is 9.98. The molecule has 1 aliphatic rings. The van der Waals surface area contributed by atoms with Crippen molar-refractivity contribution in [3.63, 3.8) is 0 Å². The number of aromatic nitrogens is 2. The average Bonchev–Trinajstić information content (AvgIpc) is 3.00. The molecular formula is C18H23N3O2. The lowest BCUT2D eigenvalue weighted by Gasteiger charge is -2.32. The molecule has 122 valence electrons. The topological polar surface area (TPSA) is 47.4 Å². The molecule has 1 aromatic heterocycles. The predicted octanol–water partition coefficient (Wildman–Crippen LogP) is 2.66. The molecule has 1 fully saturated rings. The smallest absolute Gasteiger partial charge is 0.274 e. The highest BCUT2D eigenvalue weighted by Gasteiger charge is 2.26. The Kier molecular flexibility index (Phi) is 4.65. The van der Waals surface area contributed by atoms with Gasteiger partial charge in [0.1, 0.15) is 11.4 Å². The molecule has 0 unspecified atom stereocenters. The molecule has 1 saturated heterocycles. The summed E-state index contributed by atoms with van der Waals surface area (Å²) in [7, 11) is 1.87. The maximum Gasteiger partial charge on any atom is 0.274 e. The van der Waals surface area contributed by atoms with Crippen molar-refractivity contribution in [1.82, 2.24) is 14.5 Å². The van der Waals surface area contributed by atoms with E-state index in [2.05, 4.69) is 11.9 Å². The van der Waals surface area contributed by atoms with Gasteiger partial charge in [-0.1, -0.05) is 17.7 Å². The Hall–Kier alpha value is -2.30. The number of aryl methyl sites for hydroxylation is 2. The van der Waals surface area contributed by atoms with E-state index >= 15 is 0 Å². The van der Waals surface area contributed by atoms with Gasteiger partial charge in [-0.3, -0.25) is 4.79 Å². The van der Waals surface area contributed by atoms with Gasteiger partial charge >= 0.3 is 0 Å². The minimum atomic E-state index is 0.0191. The molecule has 5 heteroatoms. The van der Waals surface area contributed by atoms with Crippen LogP contribution in [0.3, 0.4) is 0 Å². The number of likely N-dealkylation sites (tertiary alicyclic amines) is 1. The first kappa shape index (κ1) is 15.6. The highest BCUT2D eigenvalue weighted by Crippen LogP contribution is 2.20. The third-order valence-corrected chi connectivity index (χ3v) is 4.24. The third kappa shape index (κ3) is 3.92. The van der Waals surface area contributed by atoms with E-state index < -0.39 is 0 Å². The maximum absolute atomic E-state index is 12.5. The first-order valence-corrected chi connectivity index (χ1v) is 8.08. The van der Waals surface area contributed by atoms with Crippen LogP contribution in [-0.2, 0) is 7.05 Å². The number of carbonyl (C=O) groups excluding carboxylic acids is 1. The van der Waals surface area contributed by atoms with Crippen LogP contribution in [0.15, 0.2) is 36.8 Å². The van der Waals surface area contributed by atoms with Crippen LogP contribution in [0.25, 0.3) is 0 Å². The average molecular weight is 313 g/mol. The van der Waals surface area contributed by atoms with Crippen LogP contribution in [0.4, 0.5) is 0 Å². The number of hydrogen-bond donors (Lipinski definition) is 0. The van der Waals surface area contributed by atoms with Gasteiger partial charge in [0, 0.05) is 32.3 Å². The fourth-order valence-corrected chi connectivity index (χ4v) is 2.92. The predicted molar refractivity (Wildman–Crippen MR) is 88.5 cm³/mol. The molecule has 2 aromatic rings. The van der Waals surface area contributed by atoms with Crippen LogP contribution in [-0.4, -0.2) is 40.1 Å². The zero-order valence-corrected chi connectivity index (χ0v) is 13.7. The summed E-state index contributed by atoms with van der Waals surface area (Å²) in [5.74, 6) is 1.28. The van der Waals surface area contributed by atoms with Crippen LogP contribution in [0, 0.1) is 12.8 Å². The third-order valence-electron chi connectivity index (χ3n) is 4.24. The van der Waals surface area contributed by atoms with Gasteiger partial charge < -0.3 is 14.2 Å². The van der Waals surface area contributed by atoms with Gasteiger partial charge in [-0.25, -0.2) is 4.98 Å². The summed E-state index contributed by atoms with van der Waals surface area (Å²) in [4.78, 5) is 18.5. The molecule has 0 aliphatic carbocycles. The van der Waals surface area contributed by atoms with Crippen molar-refractivity contribution in [3.05, 3.63) is 48.0 Å². The Balaban J connectivity index is 1.55. The van der Waals surface area contributed by atoms with Crippen molar-refractivity contribution in [2.75, 3.05) is 19.7 Å². The fraction of sp³-hybridized carbons (Fsp3) is 0.444. The highest BCUT2D eigenvalue weighted by molar-refractivity contribution is 5.92. The first-order chi connectivity index (χ1) is 11.1. The van der Waals surface area contributed by atoms with Crippen molar-refractivity contribution >= 4 is 5.91 Å². The lowest BCUT2D eigenvalue weighted by Crippen LogP contribution is -2.41. The monoisotopic (exact) mass is 313 g/mol. The van der Waals surface area contributed by atoms with Crippen LogP contribution in [0.5, 0.6) is 5.75 Å². The number of rotatable bonds is 4. The molecule has 5 nitrogen and oxygen atoms in total. The summed E-state index contributed by atoms with van der Waals surface area (Å²) in [6.07, 6.45) is 5.54. The van der Waals surface area contributed by atoms with E-state index in [4.69, 9.17) is 4.74 Å². The molecule has 23 heavy (non-hydrogen) atoms. The van der Waals surface area contributed by atoms with Crippen molar-refractivity contribution in [3.8, 4) is 5.75 Å². The highest BCUT2D eigenvalue weighted by atomic mass is 16.5. The quantitative estimate of drug-likeness (QED) is 0.872. The molecule has 0 spiro atoms. The second-order valence-corrected chi connectivity index (χ2v) is 6.31. The van der Waals surface area contributed by atoms with Crippen molar-refractivity contribution in [2.24, 2.45) is 13.0 Å². The normalized spacial score (nSPS) is 18.0. The summed E-state index contributed by atoms with van der Waals surface area (Å²) in [5.41, 5.74) is 1.75. The summed E-state index contributed by atoms with van der Waals surface area (Å²) >= 11 is 0. The van der Waals surface area contributed by atoms with Crippen LogP contribution < -0.4 is 4.74 Å². The van der Waals surface area contributed by atoms with Gasteiger partial charge in [-0.15, -0.1) is 0 Å². The van der Waals surface area contributed by atoms with Gasteiger partial charge in [-0.2, -0.15) is 0 Å². The zero-order chi connectivity index (χ0) is 16.2. The largest absolute Gasteiger partial charge is 0.493 e. The molecule has 1 atom stereocenters. The second kappa shape index (κ2) is 6.86. The number of ether oxygens (including phenoxy) is 1. The van der Waals surface area contributed by atoms with E-state index in [1.807, 2.05) is 36.2 Å². The summed E-state index contributed by atoms with van der Waals surface area (Å²) < 4.78 is 7.68. The van der Waals surface area contributed by atoms with Crippen LogP contribution in [0.1, 0.15) is 28.9 Å². The van der Waals surface area contributed by atoms with E-state index in [9.17, 15) is 4.79 Å². The zero-order valence-electron chi connectivity index (χ0n) is 13.7. The first-order valence-electron chi connectivity index (χ1n) is 8.08. The lowest BCUT2D eigenvalue weighted by molar-refractivity contribution is 0.0628. The summed E-state index contributed by atoms with van der Waals surface area (Å²) in [5, 5.41) is 0. The summed E-state index contributed by atoms with van der Waals surface area (Å²) in [6, 6.07) is 8.09. The number of piperidine rings is 1. The number of benzene rings is 1. The van der Waals surface area contributed by atoms with Gasteiger partial charge in [0.05, 0.1) is 12.9 Å². The number of amides is 1. The Morgan fingerprint density at radius 3 is 2.83 bits per heavy atom. The van der Waals surface area contributed by atoms with Gasteiger partial charge in [-0.05, 0) is 31.9 Å². The van der Waals surface area contributed by atoms with Crippen LogP contribution >= 0.6 is 0 Å². The minimum absolute atomic E-state index is 0.0191. The van der Waals surface area contributed by atoms with Gasteiger partial charge in [0.25, 0.3) is 5.91 Å². The van der Waals surface area contributed by atoms with Crippen molar-refractivity contribution in [2.45, 2.75) is 19.8 Å². The molecular weight excluding hydrogens is 290 g/mol.